The van der Waals surface area contributed by atoms with Gasteiger partial charge in [0, 0.05) is 6.54 Å². The fraction of sp³-hybridized carbons (Fsp3) is 0.538. The molecule has 0 radical (unpaired) electrons. The first-order valence-electron chi connectivity index (χ1n) is 5.79. The number of ether oxygens (including phenoxy) is 1. The van der Waals surface area contributed by atoms with Crippen LogP contribution in [0.3, 0.4) is 0 Å². The van der Waals surface area contributed by atoms with Crippen molar-refractivity contribution in [2.45, 2.75) is 19.8 Å². The van der Waals surface area contributed by atoms with Gasteiger partial charge in [-0.25, -0.2) is 4.39 Å². The molecule has 0 fully saturated rings. The van der Waals surface area contributed by atoms with Crippen LogP contribution < -0.4 is 4.74 Å². The Kier molecular flexibility index (Phi) is 5.86. The highest BCUT2D eigenvalue weighted by Gasteiger charge is 1.98. The van der Waals surface area contributed by atoms with E-state index in [9.17, 15) is 4.39 Å². The van der Waals surface area contributed by atoms with E-state index < -0.39 is 0 Å². The molecule has 1 aromatic carbocycles. The average Bonchev–Trinajstić information content (AvgIpc) is 2.29. The van der Waals surface area contributed by atoms with Crippen LogP contribution >= 0.6 is 0 Å². The summed E-state index contributed by atoms with van der Waals surface area (Å²) < 4.78 is 18.1. The zero-order valence-corrected chi connectivity index (χ0v) is 10.1. The summed E-state index contributed by atoms with van der Waals surface area (Å²) in [4.78, 5) is 2.24. The summed E-state index contributed by atoms with van der Waals surface area (Å²) >= 11 is 0. The Balaban J connectivity index is 2.17. The lowest BCUT2D eigenvalue weighted by Crippen LogP contribution is -2.25. The van der Waals surface area contributed by atoms with Gasteiger partial charge in [-0.2, -0.15) is 0 Å². The van der Waals surface area contributed by atoms with Gasteiger partial charge < -0.3 is 9.64 Å². The summed E-state index contributed by atoms with van der Waals surface area (Å²) in [5.74, 6) is 0.498. The van der Waals surface area contributed by atoms with E-state index in [0.717, 1.165) is 18.8 Å². The third kappa shape index (κ3) is 5.12. The van der Waals surface area contributed by atoms with E-state index >= 15 is 0 Å². The van der Waals surface area contributed by atoms with Gasteiger partial charge in [0.2, 0.25) is 0 Å². The number of rotatable bonds is 7. The summed E-state index contributed by atoms with van der Waals surface area (Å²) in [5, 5.41) is 0. The molecular formula is C13H20FNO. The molecule has 0 aliphatic heterocycles. The number of hydrogen-bond acceptors (Lipinski definition) is 2. The van der Waals surface area contributed by atoms with Gasteiger partial charge in [-0.1, -0.05) is 13.3 Å². The van der Waals surface area contributed by atoms with Crippen molar-refractivity contribution in [3.8, 4) is 5.75 Å². The molecule has 0 atom stereocenters. The van der Waals surface area contributed by atoms with E-state index in [1.165, 1.54) is 25.0 Å². The van der Waals surface area contributed by atoms with Gasteiger partial charge in [0.1, 0.15) is 18.2 Å². The summed E-state index contributed by atoms with van der Waals surface area (Å²) in [6.45, 7) is 4.83. The lowest BCUT2D eigenvalue weighted by Gasteiger charge is -2.16. The molecule has 3 heteroatoms. The highest BCUT2D eigenvalue weighted by atomic mass is 19.1. The number of nitrogens with zero attached hydrogens (tertiary/aromatic N) is 1. The first-order valence-corrected chi connectivity index (χ1v) is 5.79. The molecule has 90 valence electrons. The van der Waals surface area contributed by atoms with Crippen molar-refractivity contribution in [1.82, 2.24) is 4.90 Å². The van der Waals surface area contributed by atoms with E-state index in [1.54, 1.807) is 12.1 Å². The zero-order chi connectivity index (χ0) is 11.8. The van der Waals surface area contributed by atoms with Gasteiger partial charge in [0.15, 0.2) is 0 Å². The highest BCUT2D eigenvalue weighted by molar-refractivity contribution is 5.21. The van der Waals surface area contributed by atoms with Crippen molar-refractivity contribution >= 4 is 0 Å². The molecule has 0 aromatic heterocycles. The maximum atomic E-state index is 12.6. The van der Waals surface area contributed by atoms with Crippen molar-refractivity contribution in [1.29, 1.82) is 0 Å². The smallest absolute Gasteiger partial charge is 0.123 e. The standard InChI is InChI=1S/C13H20FNO/c1-3-4-9-15(2)10-11-16-13-7-5-12(14)6-8-13/h5-8H,3-4,9-11H2,1-2H3. The van der Waals surface area contributed by atoms with Crippen LogP contribution in [-0.4, -0.2) is 31.6 Å². The van der Waals surface area contributed by atoms with Crippen molar-refractivity contribution in [2.24, 2.45) is 0 Å². The monoisotopic (exact) mass is 225 g/mol. The van der Waals surface area contributed by atoms with Gasteiger partial charge in [0.05, 0.1) is 0 Å². The Morgan fingerprint density at radius 2 is 1.88 bits per heavy atom. The number of hydrogen-bond donors (Lipinski definition) is 0. The molecule has 0 amide bonds. The molecule has 2 nitrogen and oxygen atoms in total. The van der Waals surface area contributed by atoms with Gasteiger partial charge >= 0.3 is 0 Å². The third-order valence-electron chi connectivity index (χ3n) is 2.45. The van der Waals surface area contributed by atoms with E-state index in [-0.39, 0.29) is 5.82 Å². The first kappa shape index (κ1) is 13.0. The predicted octanol–water partition coefficient (Wildman–Crippen LogP) is 2.94. The Hall–Kier alpha value is -1.09. The molecule has 0 aliphatic carbocycles. The third-order valence-corrected chi connectivity index (χ3v) is 2.45. The second kappa shape index (κ2) is 7.23. The normalized spacial score (nSPS) is 10.8. The average molecular weight is 225 g/mol. The second-order valence-corrected chi connectivity index (χ2v) is 3.96. The molecule has 0 aliphatic rings. The van der Waals surface area contributed by atoms with Crippen LogP contribution in [0.1, 0.15) is 19.8 Å². The molecular weight excluding hydrogens is 205 g/mol. The Bertz CT molecular complexity index is 286. The van der Waals surface area contributed by atoms with Crippen molar-refractivity contribution in [3.63, 3.8) is 0 Å². The van der Waals surface area contributed by atoms with Gasteiger partial charge in [0.25, 0.3) is 0 Å². The van der Waals surface area contributed by atoms with Gasteiger partial charge in [-0.15, -0.1) is 0 Å². The van der Waals surface area contributed by atoms with Crippen LogP contribution in [-0.2, 0) is 0 Å². The molecule has 0 bridgehead atoms. The molecule has 1 aromatic rings. The van der Waals surface area contributed by atoms with Crippen LogP contribution in [0.4, 0.5) is 4.39 Å². The lowest BCUT2D eigenvalue weighted by atomic mass is 10.3. The topological polar surface area (TPSA) is 12.5 Å². The van der Waals surface area contributed by atoms with E-state index in [4.69, 9.17) is 4.74 Å². The number of likely N-dealkylation sites (N-methyl/N-ethyl adjacent to an activating group) is 1. The summed E-state index contributed by atoms with van der Waals surface area (Å²) in [7, 11) is 2.09. The summed E-state index contributed by atoms with van der Waals surface area (Å²) in [6, 6.07) is 6.13. The second-order valence-electron chi connectivity index (χ2n) is 3.96. The molecule has 0 N–H and O–H groups in total. The summed E-state index contributed by atoms with van der Waals surface area (Å²) in [5.41, 5.74) is 0. The van der Waals surface area contributed by atoms with Crippen LogP contribution in [0.2, 0.25) is 0 Å². The van der Waals surface area contributed by atoms with Gasteiger partial charge in [-0.3, -0.25) is 0 Å². The SMILES string of the molecule is CCCCN(C)CCOc1ccc(F)cc1. The summed E-state index contributed by atoms with van der Waals surface area (Å²) in [6.07, 6.45) is 2.43. The lowest BCUT2D eigenvalue weighted by molar-refractivity contribution is 0.235. The molecule has 0 saturated heterocycles. The van der Waals surface area contributed by atoms with Crippen molar-refractivity contribution < 1.29 is 9.13 Å². The van der Waals surface area contributed by atoms with Crippen LogP contribution in [0, 0.1) is 5.82 Å². The molecule has 1 rings (SSSR count). The maximum Gasteiger partial charge on any atom is 0.123 e. The van der Waals surface area contributed by atoms with Crippen LogP contribution in [0.15, 0.2) is 24.3 Å². The highest BCUT2D eigenvalue weighted by Crippen LogP contribution is 2.10. The Labute approximate surface area is 97.0 Å². The molecule has 16 heavy (non-hydrogen) atoms. The minimum Gasteiger partial charge on any atom is -0.492 e. The fourth-order valence-corrected chi connectivity index (χ4v) is 1.39. The minimum absolute atomic E-state index is 0.229. The molecule has 0 unspecified atom stereocenters. The number of unbranched alkanes of at least 4 members (excludes halogenated alkanes) is 1. The van der Waals surface area contributed by atoms with Gasteiger partial charge in [-0.05, 0) is 44.3 Å². The number of benzene rings is 1. The fourth-order valence-electron chi connectivity index (χ4n) is 1.39. The Morgan fingerprint density at radius 1 is 1.19 bits per heavy atom. The molecule has 0 heterocycles. The van der Waals surface area contributed by atoms with Crippen molar-refractivity contribution in [3.05, 3.63) is 30.1 Å². The van der Waals surface area contributed by atoms with E-state index in [1.807, 2.05) is 0 Å². The van der Waals surface area contributed by atoms with Crippen molar-refractivity contribution in [2.75, 3.05) is 26.7 Å². The molecule has 0 saturated carbocycles. The quantitative estimate of drug-likeness (QED) is 0.707. The maximum absolute atomic E-state index is 12.6. The largest absolute Gasteiger partial charge is 0.492 e. The molecule has 0 spiro atoms. The van der Waals surface area contributed by atoms with Crippen LogP contribution in [0.25, 0.3) is 0 Å². The Morgan fingerprint density at radius 3 is 2.50 bits per heavy atom. The van der Waals surface area contributed by atoms with E-state index in [2.05, 4.69) is 18.9 Å². The first-order chi connectivity index (χ1) is 7.72. The predicted molar refractivity (Wildman–Crippen MR) is 64.3 cm³/mol. The number of halogens is 1. The minimum atomic E-state index is -0.229. The zero-order valence-electron chi connectivity index (χ0n) is 10.1. The van der Waals surface area contributed by atoms with Crippen LogP contribution in [0.5, 0.6) is 5.75 Å². The van der Waals surface area contributed by atoms with E-state index in [0.29, 0.717) is 6.61 Å².